The Balaban J connectivity index is 0.000000970. The summed E-state index contributed by atoms with van der Waals surface area (Å²) in [4.78, 5) is 6.65. The SMILES string of the molecule is C=CC.C=CCS(=O)(=O)c1c(SC)nn2c(C)c(N(C)C)c(C)nc12. The lowest BCUT2D eigenvalue weighted by Gasteiger charge is -2.18. The van der Waals surface area contributed by atoms with Gasteiger partial charge >= 0.3 is 0 Å². The number of nitrogens with zero attached hydrogens (tertiary/aromatic N) is 4. The highest BCUT2D eigenvalue weighted by molar-refractivity contribution is 7.99. The van der Waals surface area contributed by atoms with Crippen LogP contribution in [0.5, 0.6) is 0 Å². The van der Waals surface area contributed by atoms with Crippen molar-refractivity contribution in [3.8, 4) is 0 Å². The largest absolute Gasteiger partial charge is 0.375 e. The maximum Gasteiger partial charge on any atom is 0.188 e. The summed E-state index contributed by atoms with van der Waals surface area (Å²) in [5, 5.41) is 4.91. The van der Waals surface area contributed by atoms with Crippen molar-refractivity contribution >= 4 is 32.9 Å². The van der Waals surface area contributed by atoms with Gasteiger partial charge in [0.05, 0.1) is 22.8 Å². The van der Waals surface area contributed by atoms with Crippen LogP contribution < -0.4 is 4.90 Å². The first-order valence-electron chi connectivity index (χ1n) is 7.68. The molecule has 0 aromatic carbocycles. The molecular formula is C17H26N4O2S2. The van der Waals surface area contributed by atoms with E-state index in [4.69, 9.17) is 0 Å². The predicted octanol–water partition coefficient (Wildman–Crippen LogP) is 3.29. The van der Waals surface area contributed by atoms with E-state index in [9.17, 15) is 8.42 Å². The van der Waals surface area contributed by atoms with Crippen LogP contribution in [0.4, 0.5) is 5.69 Å². The molecule has 25 heavy (non-hydrogen) atoms. The first-order valence-corrected chi connectivity index (χ1v) is 10.6. The number of hydrogen-bond donors (Lipinski definition) is 0. The molecule has 0 N–H and O–H groups in total. The number of anilines is 1. The van der Waals surface area contributed by atoms with E-state index in [0.29, 0.717) is 10.7 Å². The molecule has 0 radical (unpaired) electrons. The van der Waals surface area contributed by atoms with E-state index in [1.807, 2.05) is 46.0 Å². The maximum absolute atomic E-state index is 12.5. The van der Waals surface area contributed by atoms with E-state index in [1.54, 1.807) is 10.6 Å². The smallest absolute Gasteiger partial charge is 0.188 e. The van der Waals surface area contributed by atoms with Crippen LogP contribution in [0.3, 0.4) is 0 Å². The topological polar surface area (TPSA) is 67.6 Å². The zero-order valence-corrected chi connectivity index (χ0v) is 17.3. The molecule has 138 valence electrons. The summed E-state index contributed by atoms with van der Waals surface area (Å²) in [6.45, 7) is 12.6. The number of hydrogen-bond acceptors (Lipinski definition) is 6. The third kappa shape index (κ3) is 4.24. The fraction of sp³-hybridized carbons (Fsp3) is 0.412. The maximum atomic E-state index is 12.5. The minimum absolute atomic E-state index is 0.128. The van der Waals surface area contributed by atoms with Gasteiger partial charge in [-0.15, -0.1) is 24.9 Å². The molecule has 2 rings (SSSR count). The van der Waals surface area contributed by atoms with E-state index in [0.717, 1.165) is 17.1 Å². The number of sulfone groups is 1. The van der Waals surface area contributed by atoms with Crippen LogP contribution in [0, 0.1) is 13.8 Å². The second-order valence-corrected chi connectivity index (χ2v) is 8.34. The third-order valence-corrected chi connectivity index (χ3v) is 5.83. The monoisotopic (exact) mass is 382 g/mol. The predicted molar refractivity (Wildman–Crippen MR) is 107 cm³/mol. The molecule has 2 aromatic heterocycles. The summed E-state index contributed by atoms with van der Waals surface area (Å²) in [6.07, 6.45) is 4.95. The Kier molecular flexibility index (Phi) is 7.25. The van der Waals surface area contributed by atoms with Crippen LogP contribution in [0.15, 0.2) is 35.2 Å². The minimum Gasteiger partial charge on any atom is -0.375 e. The molecule has 0 aliphatic heterocycles. The third-order valence-electron chi connectivity index (χ3n) is 3.35. The zero-order valence-electron chi connectivity index (χ0n) is 15.7. The highest BCUT2D eigenvalue weighted by atomic mass is 32.2. The van der Waals surface area contributed by atoms with Crippen LogP contribution in [-0.4, -0.2) is 49.1 Å². The van der Waals surface area contributed by atoms with Crippen LogP contribution in [0.1, 0.15) is 18.3 Å². The normalized spacial score (nSPS) is 11.0. The average Bonchev–Trinajstić information content (AvgIpc) is 2.87. The highest BCUT2D eigenvalue weighted by Gasteiger charge is 2.27. The number of fused-ring (bicyclic) bond motifs is 1. The first kappa shape index (κ1) is 21.2. The summed E-state index contributed by atoms with van der Waals surface area (Å²) in [7, 11) is 0.354. The Morgan fingerprint density at radius 3 is 2.28 bits per heavy atom. The van der Waals surface area contributed by atoms with Gasteiger partial charge in [0.2, 0.25) is 0 Å². The Labute approximate surface area is 154 Å². The molecule has 8 heteroatoms. The number of thioether (sulfide) groups is 1. The van der Waals surface area contributed by atoms with E-state index >= 15 is 0 Å². The van der Waals surface area contributed by atoms with Gasteiger partial charge in [0.25, 0.3) is 0 Å². The van der Waals surface area contributed by atoms with E-state index in [-0.39, 0.29) is 10.6 Å². The van der Waals surface area contributed by atoms with Gasteiger partial charge in [-0.2, -0.15) is 5.10 Å². The lowest BCUT2D eigenvalue weighted by Crippen LogP contribution is -2.16. The molecule has 0 saturated carbocycles. The Bertz CT molecular complexity index is 884. The quantitative estimate of drug-likeness (QED) is 0.584. The van der Waals surface area contributed by atoms with Crippen molar-refractivity contribution in [2.24, 2.45) is 0 Å². The molecule has 0 atom stereocenters. The fourth-order valence-electron chi connectivity index (χ4n) is 2.57. The van der Waals surface area contributed by atoms with Gasteiger partial charge < -0.3 is 4.90 Å². The first-order chi connectivity index (χ1) is 11.7. The summed E-state index contributed by atoms with van der Waals surface area (Å²) in [5.74, 6) is -0.128. The molecule has 0 fully saturated rings. The van der Waals surface area contributed by atoms with Crippen molar-refractivity contribution in [3.63, 3.8) is 0 Å². The number of allylic oxidation sites excluding steroid dienone is 1. The van der Waals surface area contributed by atoms with Gasteiger partial charge in [-0.1, -0.05) is 12.2 Å². The van der Waals surface area contributed by atoms with Gasteiger partial charge in [-0.25, -0.2) is 17.9 Å². The molecule has 6 nitrogen and oxygen atoms in total. The second-order valence-electron chi connectivity index (χ2n) is 5.58. The molecule has 0 bridgehead atoms. The number of aryl methyl sites for hydroxylation is 2. The lowest BCUT2D eigenvalue weighted by atomic mass is 10.2. The van der Waals surface area contributed by atoms with Crippen LogP contribution >= 0.6 is 11.8 Å². The van der Waals surface area contributed by atoms with Gasteiger partial charge in [0.15, 0.2) is 15.5 Å². The van der Waals surface area contributed by atoms with E-state index in [1.165, 1.54) is 17.8 Å². The van der Waals surface area contributed by atoms with Crippen molar-refractivity contribution in [1.82, 2.24) is 14.6 Å². The van der Waals surface area contributed by atoms with Crippen LogP contribution in [-0.2, 0) is 9.84 Å². The zero-order chi connectivity index (χ0) is 19.4. The highest BCUT2D eigenvalue weighted by Crippen LogP contribution is 2.32. The summed E-state index contributed by atoms with van der Waals surface area (Å²) >= 11 is 1.30. The van der Waals surface area contributed by atoms with E-state index in [2.05, 4.69) is 23.2 Å². The Morgan fingerprint density at radius 1 is 1.28 bits per heavy atom. The molecule has 0 aliphatic carbocycles. The summed E-state index contributed by atoms with van der Waals surface area (Å²) in [6, 6.07) is 0. The minimum atomic E-state index is -3.50. The molecule has 0 saturated heterocycles. The molecule has 0 spiro atoms. The van der Waals surface area contributed by atoms with Crippen molar-refractivity contribution < 1.29 is 8.42 Å². The molecule has 0 unspecified atom stereocenters. The number of aromatic nitrogens is 3. The summed E-state index contributed by atoms with van der Waals surface area (Å²) < 4.78 is 26.7. The van der Waals surface area contributed by atoms with Crippen LogP contribution in [0.25, 0.3) is 5.65 Å². The van der Waals surface area contributed by atoms with Gasteiger partial charge in [0.1, 0.15) is 9.92 Å². The molecule has 2 heterocycles. The van der Waals surface area contributed by atoms with Gasteiger partial charge in [-0.05, 0) is 27.0 Å². The Morgan fingerprint density at radius 2 is 1.84 bits per heavy atom. The molecule has 0 amide bonds. The fourth-order valence-corrected chi connectivity index (χ4v) is 4.84. The van der Waals surface area contributed by atoms with Crippen molar-refractivity contribution in [2.45, 2.75) is 30.7 Å². The second kappa shape index (κ2) is 8.53. The summed E-state index contributed by atoms with van der Waals surface area (Å²) in [5.41, 5.74) is 2.96. The van der Waals surface area contributed by atoms with Crippen LogP contribution in [0.2, 0.25) is 0 Å². The van der Waals surface area contributed by atoms with Gasteiger partial charge in [0, 0.05) is 14.1 Å². The average molecular weight is 383 g/mol. The number of rotatable bonds is 5. The molecular weight excluding hydrogens is 356 g/mol. The van der Waals surface area contributed by atoms with Crippen molar-refractivity contribution in [1.29, 1.82) is 0 Å². The lowest BCUT2D eigenvalue weighted by molar-refractivity contribution is 0.597. The standard InChI is InChI=1S/C14H20N4O2S2.C3H6/c1-7-8-22(19,20)12-13-15-9(2)11(17(4)5)10(3)18(13)16-14(12)21-6;1-3-2/h7H,1,8H2,2-6H3;3H,1H2,2H3. The van der Waals surface area contributed by atoms with Crippen molar-refractivity contribution in [3.05, 3.63) is 36.7 Å². The van der Waals surface area contributed by atoms with E-state index < -0.39 is 9.84 Å². The van der Waals surface area contributed by atoms with Gasteiger partial charge in [-0.3, -0.25) is 0 Å². The molecule has 2 aromatic rings. The Hall–Kier alpha value is -1.80. The molecule has 0 aliphatic rings. The van der Waals surface area contributed by atoms with Crippen molar-refractivity contribution in [2.75, 3.05) is 31.0 Å².